The number of esters is 1. The molecule has 1 aliphatic carbocycles. The summed E-state index contributed by atoms with van der Waals surface area (Å²) >= 11 is 1.63. The average molecular weight is 315 g/mol. The van der Waals surface area contributed by atoms with Crippen molar-refractivity contribution in [3.63, 3.8) is 0 Å². The molecule has 1 atom stereocenters. The molecule has 0 aromatic rings. The molecule has 21 heavy (non-hydrogen) atoms. The first kappa shape index (κ1) is 18.9. The van der Waals surface area contributed by atoms with Gasteiger partial charge in [0.25, 0.3) is 0 Å². The van der Waals surface area contributed by atoms with E-state index < -0.39 is 4.75 Å². The molecule has 0 heterocycles. The van der Waals surface area contributed by atoms with Crippen molar-refractivity contribution in [2.75, 3.05) is 6.26 Å². The Morgan fingerprint density at radius 2 is 1.67 bits per heavy atom. The molecule has 0 bridgehead atoms. The van der Waals surface area contributed by atoms with Gasteiger partial charge in [0.15, 0.2) is 0 Å². The van der Waals surface area contributed by atoms with Crippen molar-refractivity contribution >= 4 is 17.7 Å². The first-order chi connectivity index (χ1) is 9.58. The Hall–Kier alpha value is -0.180. The summed E-state index contributed by atoms with van der Waals surface area (Å²) < 4.78 is 5.46. The van der Waals surface area contributed by atoms with Crippen LogP contribution >= 0.6 is 11.8 Å². The first-order valence-electron chi connectivity index (χ1n) is 8.34. The highest BCUT2D eigenvalue weighted by molar-refractivity contribution is 8.00. The van der Waals surface area contributed by atoms with E-state index in [9.17, 15) is 4.79 Å². The van der Waals surface area contributed by atoms with Gasteiger partial charge in [-0.2, -0.15) is 0 Å². The molecule has 2 nitrogen and oxygen atoms in total. The molecule has 0 aliphatic heterocycles. The van der Waals surface area contributed by atoms with Crippen LogP contribution in [0.5, 0.6) is 0 Å². The van der Waals surface area contributed by atoms with Gasteiger partial charge in [-0.25, -0.2) is 0 Å². The van der Waals surface area contributed by atoms with Gasteiger partial charge >= 0.3 is 5.97 Å². The van der Waals surface area contributed by atoms with Crippen molar-refractivity contribution in [2.45, 2.75) is 84.5 Å². The molecule has 1 fully saturated rings. The SMILES string of the molecule is CSC(C)(CC(C)C)C(=O)OC1CCC(C(C)(C)C)CC1. The Bertz CT molecular complexity index is 338. The molecule has 124 valence electrons. The van der Waals surface area contributed by atoms with Crippen molar-refractivity contribution in [3.8, 4) is 0 Å². The summed E-state index contributed by atoms with van der Waals surface area (Å²) in [6, 6.07) is 0. The van der Waals surface area contributed by atoms with E-state index in [2.05, 4.69) is 34.6 Å². The van der Waals surface area contributed by atoms with Crippen LogP contribution < -0.4 is 0 Å². The second kappa shape index (κ2) is 7.39. The zero-order valence-corrected chi connectivity index (χ0v) is 15.8. The summed E-state index contributed by atoms with van der Waals surface area (Å²) in [4.78, 5) is 12.5. The minimum atomic E-state index is -0.394. The van der Waals surface area contributed by atoms with Gasteiger partial charge in [-0.3, -0.25) is 4.79 Å². The minimum absolute atomic E-state index is 0.0112. The van der Waals surface area contributed by atoms with Crippen LogP contribution in [0.1, 0.15) is 73.6 Å². The minimum Gasteiger partial charge on any atom is -0.461 e. The molecule has 0 N–H and O–H groups in total. The fourth-order valence-electron chi connectivity index (χ4n) is 3.35. The van der Waals surface area contributed by atoms with Crippen molar-refractivity contribution in [3.05, 3.63) is 0 Å². The zero-order chi connectivity index (χ0) is 16.3. The number of ether oxygens (including phenoxy) is 1. The largest absolute Gasteiger partial charge is 0.461 e. The van der Waals surface area contributed by atoms with E-state index in [4.69, 9.17) is 4.74 Å². The third-order valence-electron chi connectivity index (χ3n) is 4.85. The van der Waals surface area contributed by atoms with Crippen molar-refractivity contribution in [2.24, 2.45) is 17.3 Å². The number of rotatable bonds is 5. The summed E-state index contributed by atoms with van der Waals surface area (Å²) in [5, 5.41) is 0. The van der Waals surface area contributed by atoms with Gasteiger partial charge in [-0.1, -0.05) is 34.6 Å². The summed E-state index contributed by atoms with van der Waals surface area (Å²) in [7, 11) is 0. The smallest absolute Gasteiger partial charge is 0.322 e. The maximum atomic E-state index is 12.5. The molecular formula is C18H34O2S. The Morgan fingerprint density at radius 3 is 2.05 bits per heavy atom. The van der Waals surface area contributed by atoms with Gasteiger partial charge in [-0.15, -0.1) is 11.8 Å². The Morgan fingerprint density at radius 1 is 1.14 bits per heavy atom. The molecule has 0 saturated heterocycles. The van der Waals surface area contributed by atoms with Gasteiger partial charge in [0.2, 0.25) is 0 Å². The predicted octanol–water partition coefficient (Wildman–Crippen LogP) is 5.30. The van der Waals surface area contributed by atoms with Crippen molar-refractivity contribution < 1.29 is 9.53 Å². The quantitative estimate of drug-likeness (QED) is 0.644. The van der Waals surface area contributed by atoms with E-state index in [0.717, 1.165) is 25.2 Å². The number of carbonyl (C=O) groups is 1. The Balaban J connectivity index is 2.53. The average Bonchev–Trinajstić information content (AvgIpc) is 2.37. The lowest BCUT2D eigenvalue weighted by Crippen LogP contribution is -2.39. The molecule has 0 aromatic carbocycles. The van der Waals surface area contributed by atoms with Crippen LogP contribution in [0.2, 0.25) is 0 Å². The maximum absolute atomic E-state index is 12.5. The lowest BCUT2D eigenvalue weighted by atomic mass is 9.72. The third kappa shape index (κ3) is 5.50. The van der Waals surface area contributed by atoms with Crippen LogP contribution in [-0.4, -0.2) is 23.1 Å². The summed E-state index contributed by atoms with van der Waals surface area (Å²) in [5.74, 6) is 1.25. The molecule has 0 aromatic heterocycles. The van der Waals surface area contributed by atoms with E-state index in [1.54, 1.807) is 11.8 Å². The van der Waals surface area contributed by atoms with Gasteiger partial charge in [-0.05, 0) is 62.5 Å². The summed E-state index contributed by atoms with van der Waals surface area (Å²) in [6.07, 6.45) is 7.45. The second-order valence-electron chi connectivity index (χ2n) is 8.28. The highest BCUT2D eigenvalue weighted by Crippen LogP contribution is 2.39. The first-order valence-corrected chi connectivity index (χ1v) is 9.57. The van der Waals surface area contributed by atoms with E-state index in [1.165, 1.54) is 12.8 Å². The monoisotopic (exact) mass is 314 g/mol. The van der Waals surface area contributed by atoms with Crippen molar-refractivity contribution in [1.82, 2.24) is 0 Å². The fourth-order valence-corrected chi connectivity index (χ4v) is 4.07. The van der Waals surface area contributed by atoms with Gasteiger partial charge < -0.3 is 4.74 Å². The van der Waals surface area contributed by atoms with Crippen LogP contribution in [0.15, 0.2) is 0 Å². The molecule has 0 radical (unpaired) electrons. The highest BCUT2D eigenvalue weighted by Gasteiger charge is 2.38. The number of hydrogen-bond donors (Lipinski definition) is 0. The number of carbonyl (C=O) groups excluding carboxylic acids is 1. The lowest BCUT2D eigenvalue weighted by Gasteiger charge is -2.37. The second-order valence-corrected chi connectivity index (χ2v) is 9.59. The van der Waals surface area contributed by atoms with Crippen LogP contribution in [0.4, 0.5) is 0 Å². The van der Waals surface area contributed by atoms with E-state index in [0.29, 0.717) is 11.3 Å². The Labute approximate surface area is 135 Å². The van der Waals surface area contributed by atoms with Gasteiger partial charge in [0, 0.05) is 0 Å². The number of thioether (sulfide) groups is 1. The number of hydrogen-bond acceptors (Lipinski definition) is 3. The zero-order valence-electron chi connectivity index (χ0n) is 15.0. The molecule has 1 aliphatic rings. The van der Waals surface area contributed by atoms with E-state index in [-0.39, 0.29) is 12.1 Å². The van der Waals surface area contributed by atoms with E-state index >= 15 is 0 Å². The van der Waals surface area contributed by atoms with Crippen LogP contribution in [0.3, 0.4) is 0 Å². The normalized spacial score (nSPS) is 26.5. The van der Waals surface area contributed by atoms with Gasteiger partial charge in [0.1, 0.15) is 10.9 Å². The Kier molecular flexibility index (Phi) is 6.64. The highest BCUT2D eigenvalue weighted by atomic mass is 32.2. The van der Waals surface area contributed by atoms with Crippen LogP contribution in [0, 0.1) is 17.3 Å². The van der Waals surface area contributed by atoms with Crippen LogP contribution in [-0.2, 0) is 9.53 Å². The molecule has 0 spiro atoms. The lowest BCUT2D eigenvalue weighted by molar-refractivity contribution is -0.154. The summed E-state index contributed by atoms with van der Waals surface area (Å²) in [6.45, 7) is 13.3. The van der Waals surface area contributed by atoms with Crippen molar-refractivity contribution in [1.29, 1.82) is 0 Å². The van der Waals surface area contributed by atoms with Gasteiger partial charge in [0.05, 0.1) is 0 Å². The molecule has 0 amide bonds. The molecule has 1 saturated carbocycles. The molecule has 1 rings (SSSR count). The maximum Gasteiger partial charge on any atom is 0.322 e. The topological polar surface area (TPSA) is 26.3 Å². The van der Waals surface area contributed by atoms with Crippen LogP contribution in [0.25, 0.3) is 0 Å². The fraction of sp³-hybridized carbons (Fsp3) is 0.944. The standard InChI is InChI=1S/C18H34O2S/c1-13(2)12-18(6,21-7)16(19)20-15-10-8-14(9-11-15)17(3,4)5/h13-15H,8-12H2,1-7H3. The predicted molar refractivity (Wildman–Crippen MR) is 92.7 cm³/mol. The summed E-state index contributed by atoms with van der Waals surface area (Å²) in [5.41, 5.74) is 0.375. The molecule has 3 heteroatoms. The molecular weight excluding hydrogens is 280 g/mol. The third-order valence-corrected chi connectivity index (χ3v) is 6.09. The molecule has 1 unspecified atom stereocenters. The van der Waals surface area contributed by atoms with E-state index in [1.807, 2.05) is 13.2 Å².